The van der Waals surface area contributed by atoms with Crippen molar-refractivity contribution in [3.05, 3.63) is 0 Å². The Hall–Kier alpha value is 0. The Morgan fingerprint density at radius 2 is 0.516 bits per heavy atom. The Kier molecular flexibility index (Phi) is 84.4. The highest BCUT2D eigenvalue weighted by molar-refractivity contribution is 5.01. The molecule has 0 aromatic carbocycles. The summed E-state index contributed by atoms with van der Waals surface area (Å²) in [6.45, 7) is 65.0. The molecule has 6 aliphatic rings. The average molecular weight is 892 g/mol. The van der Waals surface area contributed by atoms with Crippen LogP contribution in [0.15, 0.2) is 0 Å². The van der Waals surface area contributed by atoms with E-state index in [4.69, 9.17) is 0 Å². The van der Waals surface area contributed by atoms with Gasteiger partial charge in [0, 0.05) is 0 Å². The number of hydrogen-bond acceptors (Lipinski definition) is 0. The maximum Gasteiger partial charge on any atom is -0.0246 e. The molecular weight excluding hydrogens is 745 g/mol. The quantitative estimate of drug-likeness (QED) is 0.194. The van der Waals surface area contributed by atoms with Crippen molar-refractivity contribution >= 4 is 0 Å². The van der Waals surface area contributed by atoms with Crippen LogP contribution in [0.25, 0.3) is 0 Å². The third kappa shape index (κ3) is 51.0. The van der Waals surface area contributed by atoms with Crippen molar-refractivity contribution in [1.82, 2.24) is 0 Å². The first-order valence-electron chi connectivity index (χ1n) is 27.6. The molecule has 62 heavy (non-hydrogen) atoms. The fourth-order valence-electron chi connectivity index (χ4n) is 7.21. The molecule has 0 amide bonds. The molecule has 0 spiro atoms. The Morgan fingerprint density at radius 1 is 0.323 bits per heavy atom. The van der Waals surface area contributed by atoms with Gasteiger partial charge < -0.3 is 0 Å². The van der Waals surface area contributed by atoms with Crippen LogP contribution in [-0.4, -0.2) is 0 Å². The maximum atomic E-state index is 2.53. The van der Waals surface area contributed by atoms with Gasteiger partial charge in [-0.1, -0.05) is 250 Å². The van der Waals surface area contributed by atoms with Crippen LogP contribution >= 0.6 is 0 Å². The minimum Gasteiger partial charge on any atom is -0.0776 e. The lowest BCUT2D eigenvalue weighted by molar-refractivity contribution is 0.142. The van der Waals surface area contributed by atoms with E-state index in [0.29, 0.717) is 0 Å². The van der Waals surface area contributed by atoms with Gasteiger partial charge in [0.1, 0.15) is 0 Å². The molecule has 0 heterocycles. The summed E-state index contributed by atoms with van der Waals surface area (Å²) in [5.41, 5.74) is 0.722. The van der Waals surface area contributed by atoms with Crippen molar-refractivity contribution < 1.29 is 0 Å². The van der Waals surface area contributed by atoms with Crippen molar-refractivity contribution in [2.45, 2.75) is 321 Å². The van der Waals surface area contributed by atoms with E-state index in [0.717, 1.165) is 88.3 Å². The van der Waals surface area contributed by atoms with Crippen molar-refractivity contribution in [3.8, 4) is 0 Å². The van der Waals surface area contributed by atoms with E-state index in [9.17, 15) is 0 Å². The fourth-order valence-corrected chi connectivity index (χ4v) is 7.21. The summed E-state index contributed by atoms with van der Waals surface area (Å²) in [4.78, 5) is 0. The SMILES string of the molecule is C.C.C.C.CC.CC.CC.CC.CC.CC.CC.CC.CC(C)C(C)(C1CC1)C1CC1.CC(C)C(C)C1CC1.CC(C)CC1CC1.CC(C)[C@@H](C)C1CC1.CC(C)[C@H](C)C1CC1. The minimum atomic E-state index is 0. The lowest BCUT2D eigenvalue weighted by atomic mass is 9.71. The van der Waals surface area contributed by atoms with Crippen LogP contribution in [0, 0.1) is 88.3 Å². The zero-order valence-electron chi connectivity index (χ0n) is 47.8. The molecule has 0 bridgehead atoms. The smallest absolute Gasteiger partial charge is 0.0246 e. The van der Waals surface area contributed by atoms with Gasteiger partial charge >= 0.3 is 0 Å². The van der Waals surface area contributed by atoms with Gasteiger partial charge in [0.15, 0.2) is 0 Å². The molecule has 0 radical (unpaired) electrons. The second kappa shape index (κ2) is 59.0. The Balaban J connectivity index is -0.0000000533. The summed E-state index contributed by atoms with van der Waals surface area (Å²) in [6.07, 6.45) is 19.6. The van der Waals surface area contributed by atoms with E-state index in [1.807, 2.05) is 111 Å². The Labute approximate surface area is 407 Å². The van der Waals surface area contributed by atoms with Gasteiger partial charge in [0.2, 0.25) is 0 Å². The lowest BCUT2D eigenvalue weighted by Gasteiger charge is -2.34. The maximum absolute atomic E-state index is 2.53. The van der Waals surface area contributed by atoms with Crippen molar-refractivity contribution in [2.24, 2.45) is 88.3 Å². The predicted octanol–water partition coefficient (Wildman–Crippen LogP) is 24.7. The molecular formula is C62H146. The second-order valence-electron chi connectivity index (χ2n) is 18.5. The van der Waals surface area contributed by atoms with Crippen molar-refractivity contribution in [1.29, 1.82) is 0 Å². The summed E-state index contributed by atoms with van der Waals surface area (Å²) in [5, 5.41) is 0. The van der Waals surface area contributed by atoms with Crippen LogP contribution < -0.4 is 0 Å². The summed E-state index contributed by atoms with van der Waals surface area (Å²) in [6, 6.07) is 0. The lowest BCUT2D eigenvalue weighted by Crippen LogP contribution is -2.28. The van der Waals surface area contributed by atoms with E-state index in [1.165, 1.54) is 83.5 Å². The summed E-state index contributed by atoms with van der Waals surface area (Å²) in [5.74, 6) is 14.1. The highest BCUT2D eigenvalue weighted by Gasteiger charge is 2.52. The molecule has 1 unspecified atom stereocenters. The largest absolute Gasteiger partial charge is 0.0776 e. The molecule has 0 aromatic rings. The fraction of sp³-hybridized carbons (Fsp3) is 1.00. The molecule has 6 rings (SSSR count). The summed E-state index contributed by atoms with van der Waals surface area (Å²) >= 11 is 0. The molecule has 394 valence electrons. The monoisotopic (exact) mass is 891 g/mol. The molecule has 0 aromatic heterocycles. The van der Waals surface area contributed by atoms with Gasteiger partial charge in [0.25, 0.3) is 0 Å². The molecule has 0 N–H and O–H groups in total. The van der Waals surface area contributed by atoms with Gasteiger partial charge in [-0.05, 0) is 159 Å². The minimum absolute atomic E-state index is 0. The van der Waals surface area contributed by atoms with Gasteiger partial charge in [0.05, 0.1) is 0 Å². The molecule has 0 aliphatic heterocycles. The van der Waals surface area contributed by atoms with Gasteiger partial charge in [-0.15, -0.1) is 0 Å². The normalized spacial score (nSPS) is 17.1. The van der Waals surface area contributed by atoms with Crippen LogP contribution in [-0.2, 0) is 0 Å². The van der Waals surface area contributed by atoms with Crippen LogP contribution in [0.4, 0.5) is 0 Å². The van der Waals surface area contributed by atoms with E-state index >= 15 is 0 Å². The van der Waals surface area contributed by atoms with Crippen LogP contribution in [0.5, 0.6) is 0 Å². The van der Waals surface area contributed by atoms with Crippen LogP contribution in [0.2, 0.25) is 0 Å². The van der Waals surface area contributed by atoms with Gasteiger partial charge in [-0.3, -0.25) is 0 Å². The molecule has 6 aliphatic carbocycles. The Morgan fingerprint density at radius 3 is 0.581 bits per heavy atom. The zero-order chi connectivity index (χ0) is 47.8. The van der Waals surface area contributed by atoms with Crippen molar-refractivity contribution in [3.63, 3.8) is 0 Å². The molecule has 6 saturated carbocycles. The molecule has 0 saturated heterocycles. The topological polar surface area (TPSA) is 0 Å². The molecule has 3 atom stereocenters. The predicted molar refractivity (Wildman–Crippen MR) is 308 cm³/mol. The van der Waals surface area contributed by atoms with E-state index in [2.05, 4.69) is 96.9 Å². The van der Waals surface area contributed by atoms with Crippen molar-refractivity contribution in [2.75, 3.05) is 0 Å². The second-order valence-corrected chi connectivity index (χ2v) is 18.5. The number of hydrogen-bond donors (Lipinski definition) is 0. The molecule has 0 heteroatoms. The van der Waals surface area contributed by atoms with E-state index in [1.54, 1.807) is 0 Å². The van der Waals surface area contributed by atoms with Gasteiger partial charge in [-0.2, -0.15) is 0 Å². The first-order valence-corrected chi connectivity index (χ1v) is 27.6. The third-order valence-corrected chi connectivity index (χ3v) is 12.9. The van der Waals surface area contributed by atoms with Crippen LogP contribution in [0.1, 0.15) is 321 Å². The zero-order valence-corrected chi connectivity index (χ0v) is 47.8. The summed E-state index contributed by atoms with van der Waals surface area (Å²) < 4.78 is 0. The summed E-state index contributed by atoms with van der Waals surface area (Å²) in [7, 11) is 0. The third-order valence-electron chi connectivity index (χ3n) is 12.9. The highest BCUT2D eigenvalue weighted by atomic mass is 14.6. The molecule has 0 nitrogen and oxygen atoms in total. The van der Waals surface area contributed by atoms with Gasteiger partial charge in [-0.25, -0.2) is 0 Å². The first-order chi connectivity index (χ1) is 27.6. The van der Waals surface area contributed by atoms with E-state index in [-0.39, 0.29) is 29.7 Å². The van der Waals surface area contributed by atoms with Crippen LogP contribution in [0.3, 0.4) is 0 Å². The molecule has 6 fully saturated rings. The number of rotatable bonds is 11. The average Bonchev–Trinajstić information content (AvgIpc) is 4.05. The van der Waals surface area contributed by atoms with E-state index < -0.39 is 0 Å². The standard InChI is InChI=1S/C11H20.3C8H16.C7H14.8C2H6.4CH4/c1-8(2)11(3,9-4-5-9)10-6-7-10;3*1-6(2)7(3)8-4-5-8;1-6(2)5-7-3-4-7;8*1-2;;;;/h8-10H,4-7H2,1-3H3;3*6-8H,4-5H2,1-3H3;6-7H,3-5H2,1-2H3;8*1-2H3;4*1H4/t;2*7-;;;;;;;;;;;;;;/m.10............../s1. The Bertz CT molecular complexity index is 612. The first kappa shape index (κ1) is 88.7. The highest BCUT2D eigenvalue weighted by Crippen LogP contribution is 2.61.